The van der Waals surface area contributed by atoms with E-state index in [1.165, 1.54) is 0 Å². The molecule has 1 N–H and O–H groups in total. The Kier molecular flexibility index (Phi) is 5.89. The molecule has 0 aliphatic carbocycles. The van der Waals surface area contributed by atoms with Gasteiger partial charge in [-0.1, -0.05) is 17.7 Å². The normalized spacial score (nSPS) is 20.7. The Morgan fingerprint density at radius 3 is 2.70 bits per heavy atom. The number of carbonyl (C=O) groups excluding carboxylic acids is 1. The Morgan fingerprint density at radius 2 is 2.00 bits per heavy atom. The Hall–Kier alpha value is -1.14. The molecular weight excluding hydrogens is 316 g/mol. The lowest BCUT2D eigenvalue weighted by Crippen LogP contribution is -2.39. The molecule has 23 heavy (non-hydrogen) atoms. The highest BCUT2D eigenvalue weighted by Gasteiger charge is 2.30. The molecule has 0 radical (unpaired) electrons. The van der Waals surface area contributed by atoms with Crippen molar-refractivity contribution in [2.75, 3.05) is 38.2 Å². The van der Waals surface area contributed by atoms with Crippen LogP contribution in [-0.2, 0) is 14.3 Å². The molecule has 2 fully saturated rings. The lowest BCUT2D eigenvalue weighted by molar-refractivity contribution is -0.117. The van der Waals surface area contributed by atoms with Gasteiger partial charge in [0.25, 0.3) is 0 Å². The maximum atomic E-state index is 12.0. The zero-order valence-corrected chi connectivity index (χ0v) is 13.9. The highest BCUT2D eigenvalue weighted by atomic mass is 35.5. The second-order valence-electron chi connectivity index (χ2n) is 6.10. The number of hydrogen-bond donors (Lipinski definition) is 1. The third-order valence-electron chi connectivity index (χ3n) is 4.43. The van der Waals surface area contributed by atoms with Gasteiger partial charge in [0.2, 0.25) is 5.91 Å². The Bertz CT molecular complexity index is 526. The largest absolute Gasteiger partial charge is 0.350 e. The van der Waals surface area contributed by atoms with E-state index in [-0.39, 0.29) is 12.2 Å². The molecule has 1 aromatic carbocycles. The van der Waals surface area contributed by atoms with Gasteiger partial charge in [0.05, 0.1) is 13.2 Å². The predicted octanol–water partition coefficient (Wildman–Crippen LogP) is 2.75. The Balaban J connectivity index is 1.36. The molecule has 1 aromatic rings. The van der Waals surface area contributed by atoms with E-state index >= 15 is 0 Å². The van der Waals surface area contributed by atoms with E-state index in [1.54, 1.807) is 12.1 Å². The maximum absolute atomic E-state index is 12.0. The molecule has 0 atom stereocenters. The van der Waals surface area contributed by atoms with Gasteiger partial charge in [-0.05, 0) is 44.1 Å². The standard InChI is InChI=1S/C17H23ClN2O3/c18-14-2-1-3-15(12-14)19-16(21)6-9-20-7-4-13(5-8-20)17-22-10-11-23-17/h1-3,12-13,17H,4-11H2,(H,19,21). The second-order valence-corrected chi connectivity index (χ2v) is 6.53. The summed E-state index contributed by atoms with van der Waals surface area (Å²) in [6.45, 7) is 4.21. The fraction of sp³-hybridized carbons (Fsp3) is 0.588. The van der Waals surface area contributed by atoms with Crippen LogP contribution in [0.2, 0.25) is 5.02 Å². The van der Waals surface area contributed by atoms with Crippen molar-refractivity contribution >= 4 is 23.2 Å². The lowest BCUT2D eigenvalue weighted by Gasteiger charge is -2.33. The van der Waals surface area contributed by atoms with E-state index in [4.69, 9.17) is 21.1 Å². The molecule has 0 aromatic heterocycles. The van der Waals surface area contributed by atoms with Gasteiger partial charge in [0.1, 0.15) is 0 Å². The molecule has 0 unspecified atom stereocenters. The van der Waals surface area contributed by atoms with Crippen LogP contribution < -0.4 is 5.32 Å². The number of piperidine rings is 1. The summed E-state index contributed by atoms with van der Waals surface area (Å²) in [5, 5.41) is 3.51. The monoisotopic (exact) mass is 338 g/mol. The average Bonchev–Trinajstić information content (AvgIpc) is 3.08. The highest BCUT2D eigenvalue weighted by Crippen LogP contribution is 2.25. The number of benzene rings is 1. The van der Waals surface area contributed by atoms with Crippen LogP contribution in [0, 0.1) is 5.92 Å². The first kappa shape index (κ1) is 16.7. The third-order valence-corrected chi connectivity index (χ3v) is 4.66. The van der Waals surface area contributed by atoms with Crippen molar-refractivity contribution in [3.05, 3.63) is 29.3 Å². The summed E-state index contributed by atoms with van der Waals surface area (Å²) in [6.07, 6.45) is 2.62. The number of nitrogens with one attached hydrogen (secondary N) is 1. The van der Waals surface area contributed by atoms with Crippen molar-refractivity contribution in [2.24, 2.45) is 5.92 Å². The van der Waals surface area contributed by atoms with Crippen LogP contribution in [0.3, 0.4) is 0 Å². The topological polar surface area (TPSA) is 50.8 Å². The second kappa shape index (κ2) is 8.11. The van der Waals surface area contributed by atoms with E-state index in [0.29, 0.717) is 30.6 Å². The zero-order valence-electron chi connectivity index (χ0n) is 13.2. The van der Waals surface area contributed by atoms with Gasteiger partial charge in [-0.2, -0.15) is 0 Å². The first-order chi connectivity index (χ1) is 11.2. The number of carbonyl (C=O) groups is 1. The maximum Gasteiger partial charge on any atom is 0.225 e. The fourth-order valence-electron chi connectivity index (χ4n) is 3.15. The number of ether oxygens (including phenoxy) is 2. The average molecular weight is 339 g/mol. The van der Waals surface area contributed by atoms with Crippen molar-refractivity contribution < 1.29 is 14.3 Å². The summed E-state index contributed by atoms with van der Waals surface area (Å²) in [5.74, 6) is 0.519. The lowest BCUT2D eigenvalue weighted by atomic mass is 9.96. The van der Waals surface area contributed by atoms with Gasteiger partial charge >= 0.3 is 0 Å². The molecule has 5 nitrogen and oxygen atoms in total. The van der Waals surface area contributed by atoms with E-state index in [9.17, 15) is 4.79 Å². The van der Waals surface area contributed by atoms with Crippen LogP contribution in [0.5, 0.6) is 0 Å². The minimum Gasteiger partial charge on any atom is -0.350 e. The van der Waals surface area contributed by atoms with E-state index in [0.717, 1.165) is 38.2 Å². The summed E-state index contributed by atoms with van der Waals surface area (Å²) in [5.41, 5.74) is 0.747. The number of halogens is 1. The van der Waals surface area contributed by atoms with Crippen molar-refractivity contribution in [3.8, 4) is 0 Å². The fourth-order valence-corrected chi connectivity index (χ4v) is 3.34. The minimum atomic E-state index is -0.0109. The number of amides is 1. The van der Waals surface area contributed by atoms with Crippen molar-refractivity contribution in [1.29, 1.82) is 0 Å². The van der Waals surface area contributed by atoms with Gasteiger partial charge in [0, 0.05) is 29.6 Å². The summed E-state index contributed by atoms with van der Waals surface area (Å²) < 4.78 is 11.2. The van der Waals surface area contributed by atoms with E-state index in [1.807, 2.05) is 12.1 Å². The van der Waals surface area contributed by atoms with Gasteiger partial charge in [-0.25, -0.2) is 0 Å². The molecule has 2 heterocycles. The van der Waals surface area contributed by atoms with Crippen molar-refractivity contribution in [3.63, 3.8) is 0 Å². The summed E-state index contributed by atoms with van der Waals surface area (Å²) >= 11 is 5.91. The van der Waals surface area contributed by atoms with Gasteiger partial charge in [0.15, 0.2) is 6.29 Å². The molecule has 3 rings (SSSR count). The predicted molar refractivity (Wildman–Crippen MR) is 89.6 cm³/mol. The molecular formula is C17H23ClN2O3. The summed E-state index contributed by atoms with van der Waals surface area (Å²) in [6, 6.07) is 7.22. The van der Waals surface area contributed by atoms with Crippen LogP contribution in [-0.4, -0.2) is 49.9 Å². The van der Waals surface area contributed by atoms with Crippen LogP contribution in [0.15, 0.2) is 24.3 Å². The minimum absolute atomic E-state index is 0.0109. The molecule has 6 heteroatoms. The smallest absolute Gasteiger partial charge is 0.225 e. The van der Waals surface area contributed by atoms with Crippen LogP contribution in [0.25, 0.3) is 0 Å². The zero-order chi connectivity index (χ0) is 16.1. The third kappa shape index (κ3) is 4.91. The molecule has 2 saturated heterocycles. The number of likely N-dealkylation sites (tertiary alicyclic amines) is 1. The van der Waals surface area contributed by atoms with Crippen LogP contribution >= 0.6 is 11.6 Å². The quantitative estimate of drug-likeness (QED) is 0.897. The van der Waals surface area contributed by atoms with Gasteiger partial charge in [-0.3, -0.25) is 4.79 Å². The SMILES string of the molecule is O=C(CCN1CCC(C2OCCO2)CC1)Nc1cccc(Cl)c1. The molecule has 1 amide bonds. The van der Waals surface area contributed by atoms with E-state index in [2.05, 4.69) is 10.2 Å². The molecule has 0 bridgehead atoms. The molecule has 0 saturated carbocycles. The first-order valence-corrected chi connectivity index (χ1v) is 8.59. The van der Waals surface area contributed by atoms with E-state index < -0.39 is 0 Å². The summed E-state index contributed by atoms with van der Waals surface area (Å²) in [7, 11) is 0. The van der Waals surface area contributed by atoms with Crippen molar-refractivity contribution in [2.45, 2.75) is 25.6 Å². The van der Waals surface area contributed by atoms with Crippen molar-refractivity contribution in [1.82, 2.24) is 4.90 Å². The van der Waals surface area contributed by atoms with Gasteiger partial charge < -0.3 is 19.7 Å². The highest BCUT2D eigenvalue weighted by molar-refractivity contribution is 6.30. The number of rotatable bonds is 5. The Morgan fingerprint density at radius 1 is 1.26 bits per heavy atom. The van der Waals surface area contributed by atoms with Crippen LogP contribution in [0.4, 0.5) is 5.69 Å². The molecule has 126 valence electrons. The van der Waals surface area contributed by atoms with Gasteiger partial charge in [-0.15, -0.1) is 0 Å². The summed E-state index contributed by atoms with van der Waals surface area (Å²) in [4.78, 5) is 14.4. The number of nitrogens with zero attached hydrogens (tertiary/aromatic N) is 1. The Labute approximate surface area is 141 Å². The first-order valence-electron chi connectivity index (χ1n) is 8.22. The molecule has 2 aliphatic heterocycles. The molecule has 0 spiro atoms. The number of hydrogen-bond acceptors (Lipinski definition) is 4. The van der Waals surface area contributed by atoms with Crippen LogP contribution in [0.1, 0.15) is 19.3 Å². The number of anilines is 1. The molecule has 2 aliphatic rings.